The lowest BCUT2D eigenvalue weighted by Crippen LogP contribution is -2.25. The minimum absolute atomic E-state index is 0.178. The van der Waals surface area contributed by atoms with Crippen LogP contribution in [0.3, 0.4) is 0 Å². The van der Waals surface area contributed by atoms with Gasteiger partial charge in [0, 0.05) is 18.9 Å². The molecule has 2 rings (SSSR count). The van der Waals surface area contributed by atoms with Crippen molar-refractivity contribution in [3.05, 3.63) is 48.2 Å². The van der Waals surface area contributed by atoms with E-state index in [0.29, 0.717) is 18.1 Å². The van der Waals surface area contributed by atoms with Crippen molar-refractivity contribution in [2.75, 3.05) is 11.4 Å². The minimum Gasteiger partial charge on any atom is -0.409 e. The summed E-state index contributed by atoms with van der Waals surface area (Å²) < 4.78 is 13.9. The molecule has 6 nitrogen and oxygen atoms in total. The maximum Gasteiger partial charge on any atom is 0.192 e. The van der Waals surface area contributed by atoms with Crippen LogP contribution in [0.2, 0.25) is 0 Å². The Balaban J connectivity index is 2.56. The standard InChI is InChI=1S/C13H14FN5O/c1-2-19(10-6-4-3-5-9(10)14)13-11(12(15)18-20)16-7-8-17-13/h3-8,20H,2H2,1H3,(H2,15,18). The quantitative estimate of drug-likeness (QED) is 0.385. The number of oxime groups is 1. The Hall–Kier alpha value is -2.70. The second-order valence-electron chi connectivity index (χ2n) is 3.91. The van der Waals surface area contributed by atoms with Gasteiger partial charge in [0.15, 0.2) is 17.3 Å². The van der Waals surface area contributed by atoms with E-state index in [4.69, 9.17) is 10.9 Å². The van der Waals surface area contributed by atoms with E-state index in [1.165, 1.54) is 18.5 Å². The third-order valence-electron chi connectivity index (χ3n) is 2.74. The molecule has 0 fully saturated rings. The van der Waals surface area contributed by atoms with Gasteiger partial charge in [0.25, 0.3) is 0 Å². The molecule has 1 aromatic carbocycles. The summed E-state index contributed by atoms with van der Waals surface area (Å²) in [5.41, 5.74) is 6.12. The fourth-order valence-corrected chi connectivity index (χ4v) is 1.86. The second-order valence-corrected chi connectivity index (χ2v) is 3.91. The summed E-state index contributed by atoms with van der Waals surface area (Å²) in [4.78, 5) is 9.80. The zero-order valence-corrected chi connectivity index (χ0v) is 10.9. The first-order chi connectivity index (χ1) is 9.69. The first kappa shape index (κ1) is 13.7. The van der Waals surface area contributed by atoms with Gasteiger partial charge in [-0.2, -0.15) is 0 Å². The molecule has 0 unspecified atom stereocenters. The van der Waals surface area contributed by atoms with E-state index in [9.17, 15) is 4.39 Å². The van der Waals surface area contributed by atoms with Crippen LogP contribution in [0.15, 0.2) is 41.8 Å². The zero-order chi connectivity index (χ0) is 14.5. The summed E-state index contributed by atoms with van der Waals surface area (Å²) >= 11 is 0. The molecule has 0 atom stereocenters. The molecule has 0 bridgehead atoms. The second kappa shape index (κ2) is 5.96. The maximum atomic E-state index is 13.9. The lowest BCUT2D eigenvalue weighted by molar-refractivity contribution is 0.318. The average molecular weight is 275 g/mol. The summed E-state index contributed by atoms with van der Waals surface area (Å²) in [5.74, 6) is -0.233. The van der Waals surface area contributed by atoms with Crippen molar-refractivity contribution in [1.29, 1.82) is 0 Å². The third kappa shape index (κ3) is 2.51. The number of hydrogen-bond acceptors (Lipinski definition) is 5. The molecular weight excluding hydrogens is 261 g/mol. The first-order valence-corrected chi connectivity index (χ1v) is 6.00. The number of benzene rings is 1. The maximum absolute atomic E-state index is 13.9. The van der Waals surface area contributed by atoms with Gasteiger partial charge >= 0.3 is 0 Å². The Morgan fingerprint density at radius 2 is 2.05 bits per heavy atom. The molecule has 0 amide bonds. The molecule has 0 spiro atoms. The van der Waals surface area contributed by atoms with E-state index in [0.717, 1.165) is 0 Å². The zero-order valence-electron chi connectivity index (χ0n) is 10.9. The van der Waals surface area contributed by atoms with Crippen LogP contribution in [0.25, 0.3) is 0 Å². The third-order valence-corrected chi connectivity index (χ3v) is 2.74. The molecular formula is C13H14FN5O. The van der Waals surface area contributed by atoms with Gasteiger partial charge < -0.3 is 15.8 Å². The molecule has 0 saturated heterocycles. The molecule has 1 aromatic heterocycles. The van der Waals surface area contributed by atoms with Crippen LogP contribution in [0.4, 0.5) is 15.9 Å². The van der Waals surface area contributed by atoms with Crippen LogP contribution in [0.1, 0.15) is 12.6 Å². The van der Waals surface area contributed by atoms with Gasteiger partial charge in [0.05, 0.1) is 5.69 Å². The lowest BCUT2D eigenvalue weighted by Gasteiger charge is -2.23. The fourth-order valence-electron chi connectivity index (χ4n) is 1.86. The highest BCUT2D eigenvalue weighted by Gasteiger charge is 2.19. The van der Waals surface area contributed by atoms with Gasteiger partial charge in [0.2, 0.25) is 0 Å². The van der Waals surface area contributed by atoms with Crippen LogP contribution in [-0.4, -0.2) is 27.6 Å². The average Bonchev–Trinajstić information content (AvgIpc) is 2.49. The van der Waals surface area contributed by atoms with Crippen molar-refractivity contribution < 1.29 is 9.60 Å². The van der Waals surface area contributed by atoms with Crippen LogP contribution in [0.5, 0.6) is 0 Å². The van der Waals surface area contributed by atoms with Crippen molar-refractivity contribution in [3.63, 3.8) is 0 Å². The minimum atomic E-state index is -0.384. The van der Waals surface area contributed by atoms with Gasteiger partial charge in [-0.1, -0.05) is 17.3 Å². The molecule has 0 radical (unpaired) electrons. The monoisotopic (exact) mass is 275 g/mol. The molecule has 0 aliphatic rings. The lowest BCUT2D eigenvalue weighted by atomic mass is 10.2. The number of anilines is 2. The first-order valence-electron chi connectivity index (χ1n) is 6.00. The molecule has 0 aliphatic carbocycles. The van der Waals surface area contributed by atoms with Crippen molar-refractivity contribution >= 4 is 17.3 Å². The van der Waals surface area contributed by atoms with Gasteiger partial charge in [-0.15, -0.1) is 0 Å². The largest absolute Gasteiger partial charge is 0.409 e. The van der Waals surface area contributed by atoms with Gasteiger partial charge in [0.1, 0.15) is 5.82 Å². The number of amidine groups is 1. The predicted molar refractivity (Wildman–Crippen MR) is 73.6 cm³/mol. The number of nitrogens with zero attached hydrogens (tertiary/aromatic N) is 4. The Kier molecular flexibility index (Phi) is 4.09. The summed E-state index contributed by atoms with van der Waals surface area (Å²) in [6.45, 7) is 2.29. The van der Waals surface area contributed by atoms with E-state index in [1.807, 2.05) is 6.92 Å². The van der Waals surface area contributed by atoms with Gasteiger partial charge in [-0.25, -0.2) is 14.4 Å². The van der Waals surface area contributed by atoms with Crippen LogP contribution < -0.4 is 10.6 Å². The smallest absolute Gasteiger partial charge is 0.192 e. The Bertz CT molecular complexity index is 632. The number of rotatable bonds is 4. The number of para-hydroxylation sites is 1. The van der Waals surface area contributed by atoms with Gasteiger partial charge in [-0.3, -0.25) is 0 Å². The predicted octanol–water partition coefficient (Wildman–Crippen LogP) is 1.87. The van der Waals surface area contributed by atoms with Crippen LogP contribution in [-0.2, 0) is 0 Å². The van der Waals surface area contributed by atoms with Crippen molar-refractivity contribution in [2.45, 2.75) is 6.92 Å². The highest BCUT2D eigenvalue weighted by molar-refractivity contribution is 6.00. The molecule has 20 heavy (non-hydrogen) atoms. The number of nitrogens with two attached hydrogens (primary N) is 1. The number of hydrogen-bond donors (Lipinski definition) is 2. The van der Waals surface area contributed by atoms with Crippen molar-refractivity contribution in [1.82, 2.24) is 9.97 Å². The Labute approximate surface area is 115 Å². The van der Waals surface area contributed by atoms with E-state index in [-0.39, 0.29) is 17.3 Å². The molecule has 0 aliphatic heterocycles. The number of halogens is 1. The summed E-state index contributed by atoms with van der Waals surface area (Å²) in [6.07, 6.45) is 2.89. The Morgan fingerprint density at radius 3 is 2.70 bits per heavy atom. The van der Waals surface area contributed by atoms with Crippen molar-refractivity contribution in [2.24, 2.45) is 10.9 Å². The molecule has 2 aromatic rings. The summed E-state index contributed by atoms with van der Waals surface area (Å²) in [6, 6.07) is 6.31. The summed E-state index contributed by atoms with van der Waals surface area (Å²) in [5, 5.41) is 11.7. The molecule has 104 valence electrons. The van der Waals surface area contributed by atoms with E-state index < -0.39 is 0 Å². The van der Waals surface area contributed by atoms with E-state index in [2.05, 4.69) is 15.1 Å². The number of aromatic nitrogens is 2. The fraction of sp³-hybridized carbons (Fsp3) is 0.154. The summed E-state index contributed by atoms with van der Waals surface area (Å²) in [7, 11) is 0. The van der Waals surface area contributed by atoms with E-state index >= 15 is 0 Å². The van der Waals surface area contributed by atoms with E-state index in [1.54, 1.807) is 23.1 Å². The normalized spacial score (nSPS) is 11.4. The molecule has 7 heteroatoms. The molecule has 0 saturated carbocycles. The molecule has 3 N–H and O–H groups in total. The topological polar surface area (TPSA) is 87.6 Å². The van der Waals surface area contributed by atoms with Crippen LogP contribution >= 0.6 is 0 Å². The SMILES string of the molecule is CCN(c1ccccc1F)c1nccnc1C(N)=NO. The highest BCUT2D eigenvalue weighted by atomic mass is 19.1. The Morgan fingerprint density at radius 1 is 1.35 bits per heavy atom. The molecule has 1 heterocycles. The van der Waals surface area contributed by atoms with Gasteiger partial charge in [-0.05, 0) is 19.1 Å². The van der Waals surface area contributed by atoms with Crippen LogP contribution in [0, 0.1) is 5.82 Å². The van der Waals surface area contributed by atoms with Crippen molar-refractivity contribution in [3.8, 4) is 0 Å². The highest BCUT2D eigenvalue weighted by Crippen LogP contribution is 2.27.